The van der Waals surface area contributed by atoms with Gasteiger partial charge in [0.2, 0.25) is 11.9 Å². The number of rotatable bonds is 7. The van der Waals surface area contributed by atoms with Crippen LogP contribution in [0.1, 0.15) is 29.8 Å². The number of hydrogen-bond donors (Lipinski definition) is 1. The van der Waals surface area contributed by atoms with E-state index < -0.39 is 19.1 Å². The van der Waals surface area contributed by atoms with Crippen LogP contribution in [0.25, 0.3) is 22.3 Å². The van der Waals surface area contributed by atoms with Crippen molar-refractivity contribution in [3.05, 3.63) is 41.5 Å². The molecule has 0 saturated carbocycles. The quantitative estimate of drug-likeness (QED) is 0.494. The Hall–Kier alpha value is -3.48. The lowest BCUT2D eigenvalue weighted by Gasteiger charge is -2.37. The zero-order valence-corrected chi connectivity index (χ0v) is 21.3. The Kier molecular flexibility index (Phi) is 7.63. The van der Waals surface area contributed by atoms with Crippen molar-refractivity contribution in [2.45, 2.75) is 39.1 Å². The van der Waals surface area contributed by atoms with Gasteiger partial charge in [-0.2, -0.15) is 18.7 Å². The molecule has 2 aliphatic heterocycles. The molecule has 1 amide bonds. The van der Waals surface area contributed by atoms with Crippen molar-refractivity contribution in [3.8, 4) is 11.3 Å². The highest BCUT2D eigenvalue weighted by Crippen LogP contribution is 2.32. The Bertz CT molecular complexity index is 1330. The number of carbonyl (C=O) groups excluding carboxylic acids is 1. The van der Waals surface area contributed by atoms with Gasteiger partial charge in [-0.15, -0.1) is 0 Å². The highest BCUT2D eigenvalue weighted by atomic mass is 19.3. The molecule has 0 spiro atoms. The van der Waals surface area contributed by atoms with E-state index in [0.717, 1.165) is 11.2 Å². The predicted octanol–water partition coefficient (Wildman–Crippen LogP) is 2.98. The van der Waals surface area contributed by atoms with Gasteiger partial charge in [0.05, 0.1) is 56.2 Å². The summed E-state index contributed by atoms with van der Waals surface area (Å²) >= 11 is 0. The number of aromatic nitrogens is 3. The Morgan fingerprint density at radius 1 is 1.05 bits per heavy atom. The summed E-state index contributed by atoms with van der Waals surface area (Å²) in [5.41, 5.74) is 7.57. The van der Waals surface area contributed by atoms with Crippen molar-refractivity contribution in [3.63, 3.8) is 0 Å². The van der Waals surface area contributed by atoms with E-state index in [-0.39, 0.29) is 23.2 Å². The number of alkyl halides is 2. The molecule has 38 heavy (non-hydrogen) atoms. The second-order valence-corrected chi connectivity index (χ2v) is 9.46. The number of fused-ring (bicyclic) bond motifs is 1. The van der Waals surface area contributed by atoms with E-state index in [1.165, 1.54) is 6.07 Å². The lowest BCUT2D eigenvalue weighted by atomic mass is 10.0. The van der Waals surface area contributed by atoms with Crippen LogP contribution in [-0.4, -0.2) is 79.1 Å². The third-order valence-electron chi connectivity index (χ3n) is 6.83. The van der Waals surface area contributed by atoms with E-state index in [1.54, 1.807) is 12.1 Å². The fourth-order valence-electron chi connectivity index (χ4n) is 4.80. The summed E-state index contributed by atoms with van der Waals surface area (Å²) in [4.78, 5) is 31.1. The smallest absolute Gasteiger partial charge is 0.345 e. The minimum absolute atomic E-state index is 0.0957. The molecule has 12 heteroatoms. The zero-order chi connectivity index (χ0) is 26.8. The maximum Gasteiger partial charge on any atom is 0.345 e. The van der Waals surface area contributed by atoms with Gasteiger partial charge < -0.3 is 29.7 Å². The second-order valence-electron chi connectivity index (χ2n) is 9.46. The van der Waals surface area contributed by atoms with Gasteiger partial charge in [-0.1, -0.05) is 12.1 Å². The van der Waals surface area contributed by atoms with Crippen molar-refractivity contribution in [1.29, 1.82) is 0 Å². The topological polar surface area (TPSA) is 116 Å². The van der Waals surface area contributed by atoms with Gasteiger partial charge in [0, 0.05) is 24.2 Å². The fraction of sp³-hybridized carbons (Fsp3) is 0.462. The molecule has 2 unspecified atom stereocenters. The van der Waals surface area contributed by atoms with Crippen LogP contribution in [0.2, 0.25) is 0 Å². The van der Waals surface area contributed by atoms with Crippen LogP contribution in [0.3, 0.4) is 0 Å². The number of nitrogens with zero attached hydrogens (tertiary/aromatic N) is 5. The van der Waals surface area contributed by atoms with E-state index in [1.807, 2.05) is 12.1 Å². The van der Waals surface area contributed by atoms with E-state index in [2.05, 4.69) is 28.4 Å². The van der Waals surface area contributed by atoms with Crippen LogP contribution >= 0.6 is 0 Å². The number of benzene rings is 1. The molecule has 0 aliphatic carbocycles. The summed E-state index contributed by atoms with van der Waals surface area (Å²) in [6.07, 6.45) is 0. The molecule has 10 nitrogen and oxygen atoms in total. The SMILES string of the molecule is CC1COCCN1c1nc(N2CCOCC2C)c2ccc(-c3ccc(COC(F)F)c(C(N)=O)c3)nc2n1. The minimum Gasteiger partial charge on any atom is -0.377 e. The molecule has 3 aromatic rings. The molecule has 0 bridgehead atoms. The van der Waals surface area contributed by atoms with Crippen molar-refractivity contribution < 1.29 is 27.8 Å². The maximum absolute atomic E-state index is 12.5. The van der Waals surface area contributed by atoms with Gasteiger partial charge in [0.15, 0.2) is 5.65 Å². The Balaban J connectivity index is 1.59. The van der Waals surface area contributed by atoms with Crippen LogP contribution < -0.4 is 15.5 Å². The number of ether oxygens (including phenoxy) is 3. The summed E-state index contributed by atoms with van der Waals surface area (Å²) < 4.78 is 40.7. The molecule has 2 fully saturated rings. The normalized spacial score (nSPS) is 20.3. The number of primary amides is 1. The number of hydrogen-bond acceptors (Lipinski definition) is 9. The Labute approximate surface area is 218 Å². The Morgan fingerprint density at radius 3 is 2.42 bits per heavy atom. The molecule has 2 N–H and O–H groups in total. The molecular weight excluding hydrogens is 498 g/mol. The number of anilines is 2. The highest BCUT2D eigenvalue weighted by Gasteiger charge is 2.27. The first kappa shape index (κ1) is 26.1. The van der Waals surface area contributed by atoms with Crippen LogP contribution in [0.5, 0.6) is 0 Å². The van der Waals surface area contributed by atoms with Gasteiger partial charge in [-0.25, -0.2) is 4.98 Å². The van der Waals surface area contributed by atoms with Crippen molar-refractivity contribution in [1.82, 2.24) is 15.0 Å². The van der Waals surface area contributed by atoms with Crippen molar-refractivity contribution >= 4 is 28.7 Å². The van der Waals surface area contributed by atoms with Crippen molar-refractivity contribution in [2.24, 2.45) is 5.73 Å². The summed E-state index contributed by atoms with van der Waals surface area (Å²) in [7, 11) is 0. The summed E-state index contributed by atoms with van der Waals surface area (Å²) in [5.74, 6) is 0.620. The Morgan fingerprint density at radius 2 is 1.76 bits per heavy atom. The third-order valence-corrected chi connectivity index (χ3v) is 6.83. The summed E-state index contributed by atoms with van der Waals surface area (Å²) in [5, 5.41) is 0.796. The number of pyridine rings is 1. The number of nitrogens with two attached hydrogens (primary N) is 1. The van der Waals surface area contributed by atoms with E-state index in [0.29, 0.717) is 62.4 Å². The molecule has 2 saturated heterocycles. The molecular formula is C26H30F2N6O4. The average molecular weight is 529 g/mol. The number of halogens is 2. The first-order valence-electron chi connectivity index (χ1n) is 12.5. The van der Waals surface area contributed by atoms with Crippen LogP contribution in [-0.2, 0) is 20.8 Å². The minimum atomic E-state index is -2.95. The standard InChI is InChI=1S/C26H30F2N6O4/c1-15-12-36-9-7-33(15)24-19-5-6-21(17-3-4-18(14-38-25(27)28)20(11-17)22(29)35)30-23(19)31-26(32-24)34-8-10-37-13-16(34)2/h3-6,11,15-16,25H,7-10,12-14H2,1-2H3,(H2,29,35). The van der Waals surface area contributed by atoms with E-state index in [9.17, 15) is 13.6 Å². The van der Waals surface area contributed by atoms with Crippen LogP contribution in [0, 0.1) is 0 Å². The van der Waals surface area contributed by atoms with Crippen molar-refractivity contribution in [2.75, 3.05) is 49.3 Å². The first-order chi connectivity index (χ1) is 18.3. The van der Waals surface area contributed by atoms with E-state index in [4.69, 9.17) is 30.2 Å². The molecule has 2 aromatic heterocycles. The molecule has 4 heterocycles. The largest absolute Gasteiger partial charge is 0.377 e. The molecule has 202 valence electrons. The fourth-order valence-corrected chi connectivity index (χ4v) is 4.80. The molecule has 2 atom stereocenters. The second kappa shape index (κ2) is 11.1. The summed E-state index contributed by atoms with van der Waals surface area (Å²) in [6.45, 7) is 4.48. The van der Waals surface area contributed by atoms with Gasteiger partial charge in [0.1, 0.15) is 5.82 Å². The van der Waals surface area contributed by atoms with Crippen LogP contribution in [0.4, 0.5) is 20.5 Å². The molecule has 0 radical (unpaired) electrons. The molecule has 5 rings (SSSR count). The van der Waals surface area contributed by atoms with Gasteiger partial charge in [-0.3, -0.25) is 4.79 Å². The third kappa shape index (κ3) is 5.38. The predicted molar refractivity (Wildman–Crippen MR) is 137 cm³/mol. The lowest BCUT2D eigenvalue weighted by Crippen LogP contribution is -2.46. The summed E-state index contributed by atoms with van der Waals surface area (Å²) in [6, 6.07) is 8.75. The van der Waals surface area contributed by atoms with Crippen LogP contribution in [0.15, 0.2) is 30.3 Å². The maximum atomic E-state index is 12.5. The molecule has 2 aliphatic rings. The number of amides is 1. The average Bonchev–Trinajstić information content (AvgIpc) is 2.91. The number of morpholine rings is 2. The lowest BCUT2D eigenvalue weighted by molar-refractivity contribution is -0.137. The number of carbonyl (C=O) groups is 1. The van der Waals surface area contributed by atoms with Gasteiger partial charge in [-0.05, 0) is 37.6 Å². The molecule has 1 aromatic carbocycles. The highest BCUT2D eigenvalue weighted by molar-refractivity contribution is 5.96. The van der Waals surface area contributed by atoms with Gasteiger partial charge >= 0.3 is 6.61 Å². The zero-order valence-electron chi connectivity index (χ0n) is 21.3. The monoisotopic (exact) mass is 528 g/mol. The van der Waals surface area contributed by atoms with Gasteiger partial charge in [0.25, 0.3) is 0 Å². The van der Waals surface area contributed by atoms with E-state index >= 15 is 0 Å². The first-order valence-corrected chi connectivity index (χ1v) is 12.5.